The van der Waals surface area contributed by atoms with Gasteiger partial charge in [0.15, 0.2) is 5.96 Å². The summed E-state index contributed by atoms with van der Waals surface area (Å²) in [5, 5.41) is 7.86. The van der Waals surface area contributed by atoms with Crippen molar-refractivity contribution < 1.29 is 4.42 Å². The van der Waals surface area contributed by atoms with Crippen molar-refractivity contribution >= 4 is 40.9 Å². The third kappa shape index (κ3) is 5.87. The number of para-hydroxylation sites is 1. The lowest BCUT2D eigenvalue weighted by molar-refractivity contribution is 0.159. The van der Waals surface area contributed by atoms with Crippen LogP contribution in [0.15, 0.2) is 39.7 Å². The Morgan fingerprint density at radius 3 is 2.88 bits per heavy atom. The number of halogens is 1. The Balaban J connectivity index is 0.00000243. The van der Waals surface area contributed by atoms with E-state index >= 15 is 0 Å². The maximum Gasteiger partial charge on any atom is 0.191 e. The second-order valence-electron chi connectivity index (χ2n) is 6.84. The molecule has 5 nitrogen and oxygen atoms in total. The molecule has 1 unspecified atom stereocenters. The minimum atomic E-state index is 0. The van der Waals surface area contributed by atoms with Crippen LogP contribution in [0.4, 0.5) is 0 Å². The number of piperidine rings is 1. The minimum Gasteiger partial charge on any atom is -0.459 e. The zero-order valence-electron chi connectivity index (χ0n) is 15.8. The molecule has 0 saturated carbocycles. The van der Waals surface area contributed by atoms with Crippen LogP contribution >= 0.6 is 24.0 Å². The molecule has 6 heteroatoms. The van der Waals surface area contributed by atoms with Gasteiger partial charge in [-0.15, -0.1) is 24.0 Å². The van der Waals surface area contributed by atoms with E-state index in [4.69, 9.17) is 4.42 Å². The fraction of sp³-hybridized carbons (Fsp3) is 0.550. The van der Waals surface area contributed by atoms with E-state index in [1.165, 1.54) is 25.8 Å². The molecule has 0 radical (unpaired) electrons. The lowest BCUT2D eigenvalue weighted by Gasteiger charge is -2.33. The lowest BCUT2D eigenvalue weighted by atomic mass is 10.0. The van der Waals surface area contributed by atoms with Crippen LogP contribution in [0, 0.1) is 0 Å². The van der Waals surface area contributed by atoms with E-state index < -0.39 is 0 Å². The van der Waals surface area contributed by atoms with Gasteiger partial charge in [-0.2, -0.15) is 0 Å². The molecular weight excluding hydrogens is 439 g/mol. The van der Waals surface area contributed by atoms with Gasteiger partial charge in [-0.25, -0.2) is 0 Å². The van der Waals surface area contributed by atoms with E-state index in [0.29, 0.717) is 6.54 Å². The van der Waals surface area contributed by atoms with Crippen molar-refractivity contribution in [2.24, 2.45) is 4.99 Å². The van der Waals surface area contributed by atoms with Gasteiger partial charge in [0.05, 0.1) is 6.54 Å². The second-order valence-corrected chi connectivity index (χ2v) is 6.84. The SMILES string of the molecule is CN=C(NCCCN1CCCCC1C)NCc1cc2ccccc2o1.I. The van der Waals surface area contributed by atoms with Crippen molar-refractivity contribution in [3.05, 3.63) is 36.1 Å². The van der Waals surface area contributed by atoms with E-state index in [1.54, 1.807) is 7.05 Å². The van der Waals surface area contributed by atoms with Gasteiger partial charge in [-0.3, -0.25) is 4.99 Å². The number of guanidine groups is 1. The van der Waals surface area contributed by atoms with Gasteiger partial charge in [-0.1, -0.05) is 24.6 Å². The van der Waals surface area contributed by atoms with Crippen molar-refractivity contribution in [1.29, 1.82) is 0 Å². The molecule has 1 saturated heterocycles. The molecule has 3 rings (SSSR count). The molecule has 2 aromatic rings. The van der Waals surface area contributed by atoms with Crippen molar-refractivity contribution in [3.63, 3.8) is 0 Å². The average Bonchev–Trinajstić information content (AvgIpc) is 3.05. The number of aliphatic imine (C=N–C) groups is 1. The van der Waals surface area contributed by atoms with Crippen molar-refractivity contribution in [2.45, 2.75) is 45.2 Å². The average molecular weight is 470 g/mol. The number of likely N-dealkylation sites (tertiary alicyclic amines) is 1. The molecule has 1 aromatic carbocycles. The summed E-state index contributed by atoms with van der Waals surface area (Å²) in [6, 6.07) is 10.9. The molecule has 1 atom stereocenters. The Labute approximate surface area is 173 Å². The highest BCUT2D eigenvalue weighted by Crippen LogP contribution is 2.18. The molecule has 0 amide bonds. The molecule has 2 heterocycles. The smallest absolute Gasteiger partial charge is 0.191 e. The van der Waals surface area contributed by atoms with E-state index in [1.807, 2.05) is 18.2 Å². The summed E-state index contributed by atoms with van der Waals surface area (Å²) in [4.78, 5) is 6.90. The Morgan fingerprint density at radius 1 is 1.27 bits per heavy atom. The van der Waals surface area contributed by atoms with Gasteiger partial charge in [0.25, 0.3) is 0 Å². The Morgan fingerprint density at radius 2 is 2.12 bits per heavy atom. The number of benzene rings is 1. The number of furan rings is 1. The van der Waals surface area contributed by atoms with Gasteiger partial charge >= 0.3 is 0 Å². The van der Waals surface area contributed by atoms with Crippen molar-refractivity contribution in [2.75, 3.05) is 26.7 Å². The van der Waals surface area contributed by atoms with Crippen LogP contribution in [0.25, 0.3) is 11.0 Å². The summed E-state index contributed by atoms with van der Waals surface area (Å²) < 4.78 is 5.83. The third-order valence-electron chi connectivity index (χ3n) is 4.99. The Kier molecular flexibility index (Phi) is 8.71. The number of nitrogens with one attached hydrogen (secondary N) is 2. The van der Waals surface area contributed by atoms with Crippen LogP contribution in [0.1, 0.15) is 38.4 Å². The van der Waals surface area contributed by atoms with E-state index in [2.05, 4.69) is 39.6 Å². The van der Waals surface area contributed by atoms with Crippen LogP contribution in [0.2, 0.25) is 0 Å². The Hall–Kier alpha value is -1.28. The van der Waals surface area contributed by atoms with Crippen LogP contribution < -0.4 is 10.6 Å². The van der Waals surface area contributed by atoms with Crippen molar-refractivity contribution in [3.8, 4) is 0 Å². The van der Waals surface area contributed by atoms with Gasteiger partial charge in [0.2, 0.25) is 0 Å². The maximum absolute atomic E-state index is 5.83. The molecular formula is C20H31IN4O. The number of fused-ring (bicyclic) bond motifs is 1. The summed E-state index contributed by atoms with van der Waals surface area (Å²) in [7, 11) is 1.81. The second kappa shape index (κ2) is 10.8. The van der Waals surface area contributed by atoms with Gasteiger partial charge in [0, 0.05) is 31.6 Å². The van der Waals surface area contributed by atoms with Crippen LogP contribution in [-0.2, 0) is 6.54 Å². The molecule has 1 aliphatic rings. The third-order valence-corrected chi connectivity index (χ3v) is 4.99. The lowest BCUT2D eigenvalue weighted by Crippen LogP contribution is -2.41. The molecule has 2 N–H and O–H groups in total. The number of hydrogen-bond donors (Lipinski definition) is 2. The largest absolute Gasteiger partial charge is 0.459 e. The fourth-order valence-corrected chi connectivity index (χ4v) is 3.49. The summed E-state index contributed by atoms with van der Waals surface area (Å²) in [6.07, 6.45) is 5.20. The molecule has 1 fully saturated rings. The first kappa shape index (κ1) is 21.0. The molecule has 26 heavy (non-hydrogen) atoms. The summed E-state index contributed by atoms with van der Waals surface area (Å²) in [6.45, 7) is 6.33. The number of nitrogens with zero attached hydrogens (tertiary/aromatic N) is 2. The zero-order valence-corrected chi connectivity index (χ0v) is 18.2. The molecule has 1 aliphatic heterocycles. The fourth-order valence-electron chi connectivity index (χ4n) is 3.49. The molecule has 144 valence electrons. The number of hydrogen-bond acceptors (Lipinski definition) is 3. The monoisotopic (exact) mass is 470 g/mol. The molecule has 0 aliphatic carbocycles. The van der Waals surface area contributed by atoms with Crippen LogP contribution in [0.5, 0.6) is 0 Å². The van der Waals surface area contributed by atoms with Crippen LogP contribution in [-0.4, -0.2) is 43.6 Å². The highest BCUT2D eigenvalue weighted by Gasteiger charge is 2.17. The zero-order chi connectivity index (χ0) is 17.5. The summed E-state index contributed by atoms with van der Waals surface area (Å²) in [5.41, 5.74) is 0.929. The van der Waals surface area contributed by atoms with Crippen molar-refractivity contribution in [1.82, 2.24) is 15.5 Å². The van der Waals surface area contributed by atoms with Crippen LogP contribution in [0.3, 0.4) is 0 Å². The predicted octanol–water partition coefficient (Wildman–Crippen LogP) is 3.98. The standard InChI is InChI=1S/C20H30N4O.HI/c1-16-8-5-6-12-24(16)13-7-11-22-20(21-2)23-15-18-14-17-9-3-4-10-19(17)25-18;/h3-4,9-10,14,16H,5-8,11-13,15H2,1-2H3,(H2,21,22,23);1H. The molecule has 1 aromatic heterocycles. The van der Waals surface area contributed by atoms with Gasteiger partial charge in [0.1, 0.15) is 11.3 Å². The predicted molar refractivity (Wildman–Crippen MR) is 119 cm³/mol. The first-order valence-electron chi connectivity index (χ1n) is 9.42. The van der Waals surface area contributed by atoms with E-state index in [-0.39, 0.29) is 24.0 Å². The summed E-state index contributed by atoms with van der Waals surface area (Å²) >= 11 is 0. The van der Waals surface area contributed by atoms with Gasteiger partial charge < -0.3 is 20.0 Å². The summed E-state index contributed by atoms with van der Waals surface area (Å²) in [5.74, 6) is 1.75. The maximum atomic E-state index is 5.83. The topological polar surface area (TPSA) is 52.8 Å². The highest BCUT2D eigenvalue weighted by molar-refractivity contribution is 14.0. The quantitative estimate of drug-likeness (QED) is 0.290. The first-order valence-corrected chi connectivity index (χ1v) is 9.42. The van der Waals surface area contributed by atoms with E-state index in [9.17, 15) is 0 Å². The van der Waals surface area contributed by atoms with Gasteiger partial charge in [-0.05, 0) is 44.9 Å². The molecule has 0 bridgehead atoms. The minimum absolute atomic E-state index is 0. The number of rotatable bonds is 6. The first-order chi connectivity index (χ1) is 12.3. The molecule has 0 spiro atoms. The Bertz CT molecular complexity index is 667. The normalized spacial score (nSPS) is 18.5. The van der Waals surface area contributed by atoms with E-state index in [0.717, 1.165) is 48.2 Å². The highest BCUT2D eigenvalue weighted by atomic mass is 127.